The highest BCUT2D eigenvalue weighted by molar-refractivity contribution is 5.92. The molecule has 0 radical (unpaired) electrons. The zero-order valence-electron chi connectivity index (χ0n) is 10.00. The molecule has 0 fully saturated rings. The van der Waals surface area contributed by atoms with Crippen LogP contribution in [0.4, 0.5) is 0 Å². The van der Waals surface area contributed by atoms with E-state index >= 15 is 0 Å². The van der Waals surface area contributed by atoms with Gasteiger partial charge in [0, 0.05) is 6.20 Å². The van der Waals surface area contributed by atoms with Crippen molar-refractivity contribution in [3.8, 4) is 0 Å². The summed E-state index contributed by atoms with van der Waals surface area (Å²) in [4.78, 5) is 15.1. The van der Waals surface area contributed by atoms with Gasteiger partial charge >= 0.3 is 5.97 Å². The fraction of sp³-hybridized carbons (Fsp3) is 0.0667. The van der Waals surface area contributed by atoms with Gasteiger partial charge in [0.1, 0.15) is 0 Å². The Bertz CT molecular complexity index is 603. The number of rotatable bonds is 3. The maximum Gasteiger partial charge on any atom is 0.337 e. The minimum absolute atomic E-state index is 0.210. The van der Waals surface area contributed by atoms with Crippen LogP contribution in [0.5, 0.6) is 0 Å². The lowest BCUT2D eigenvalue weighted by Gasteiger charge is -1.99. The Morgan fingerprint density at radius 3 is 2.78 bits per heavy atom. The molecule has 1 heterocycles. The largest absolute Gasteiger partial charge is 0.478 e. The molecular weight excluding hydrogens is 226 g/mol. The third-order valence-electron chi connectivity index (χ3n) is 2.54. The number of benzene rings is 1. The zero-order valence-corrected chi connectivity index (χ0v) is 10.00. The second kappa shape index (κ2) is 5.27. The average molecular weight is 239 g/mol. The smallest absolute Gasteiger partial charge is 0.337 e. The van der Waals surface area contributed by atoms with Crippen molar-refractivity contribution in [3.05, 3.63) is 65.0 Å². The Balaban J connectivity index is 2.32. The van der Waals surface area contributed by atoms with E-state index in [4.69, 9.17) is 5.11 Å². The van der Waals surface area contributed by atoms with Crippen LogP contribution < -0.4 is 0 Å². The quantitative estimate of drug-likeness (QED) is 0.894. The molecule has 0 amide bonds. The maximum atomic E-state index is 11.0. The first kappa shape index (κ1) is 12.0. The van der Waals surface area contributed by atoms with E-state index in [1.807, 2.05) is 37.3 Å². The van der Waals surface area contributed by atoms with Gasteiger partial charge in [0.15, 0.2) is 0 Å². The summed E-state index contributed by atoms with van der Waals surface area (Å²) in [7, 11) is 0. The van der Waals surface area contributed by atoms with E-state index in [0.29, 0.717) is 5.69 Å². The molecule has 0 aliphatic heterocycles. The molecule has 0 unspecified atom stereocenters. The first-order chi connectivity index (χ1) is 8.66. The number of pyridine rings is 1. The zero-order chi connectivity index (χ0) is 13.0. The van der Waals surface area contributed by atoms with Gasteiger partial charge < -0.3 is 5.11 Å². The average Bonchev–Trinajstić information content (AvgIpc) is 2.37. The van der Waals surface area contributed by atoms with E-state index in [2.05, 4.69) is 4.98 Å². The van der Waals surface area contributed by atoms with E-state index in [1.54, 1.807) is 24.4 Å². The molecule has 90 valence electrons. The number of hydrogen-bond acceptors (Lipinski definition) is 2. The summed E-state index contributed by atoms with van der Waals surface area (Å²) in [6, 6.07) is 11.1. The molecule has 3 nitrogen and oxygen atoms in total. The van der Waals surface area contributed by atoms with E-state index in [0.717, 1.165) is 11.1 Å². The Kier molecular flexibility index (Phi) is 3.53. The van der Waals surface area contributed by atoms with Gasteiger partial charge in [0.05, 0.1) is 11.3 Å². The Morgan fingerprint density at radius 2 is 2.06 bits per heavy atom. The number of aromatic nitrogens is 1. The second-order valence-electron chi connectivity index (χ2n) is 3.99. The Morgan fingerprint density at radius 1 is 1.22 bits per heavy atom. The van der Waals surface area contributed by atoms with Crippen LogP contribution in [-0.2, 0) is 0 Å². The van der Waals surface area contributed by atoms with Crippen molar-refractivity contribution in [2.75, 3.05) is 0 Å². The number of aromatic carboxylic acids is 1. The van der Waals surface area contributed by atoms with Gasteiger partial charge in [-0.05, 0) is 30.7 Å². The molecule has 0 bridgehead atoms. The van der Waals surface area contributed by atoms with Gasteiger partial charge in [-0.1, -0.05) is 35.9 Å². The molecule has 2 aromatic rings. The van der Waals surface area contributed by atoms with Crippen molar-refractivity contribution in [1.82, 2.24) is 4.98 Å². The van der Waals surface area contributed by atoms with Crippen molar-refractivity contribution in [3.63, 3.8) is 0 Å². The summed E-state index contributed by atoms with van der Waals surface area (Å²) in [5.41, 5.74) is 2.86. The number of carboxylic acid groups (broad SMARTS) is 1. The normalized spacial score (nSPS) is 10.7. The summed E-state index contributed by atoms with van der Waals surface area (Å²) in [5.74, 6) is -0.966. The molecule has 3 heteroatoms. The molecule has 0 atom stereocenters. The van der Waals surface area contributed by atoms with Crippen LogP contribution in [0.1, 0.15) is 27.2 Å². The number of carbonyl (C=O) groups is 1. The summed E-state index contributed by atoms with van der Waals surface area (Å²) in [5, 5.41) is 9.03. The summed E-state index contributed by atoms with van der Waals surface area (Å²) >= 11 is 0. The standard InChI is InChI=1S/C15H13NO2/c1-11-4-2-5-12(10-11)7-8-14-13(15(17)18)6-3-9-16-14/h2-10H,1H3,(H,17,18)/b8-7+. The van der Waals surface area contributed by atoms with E-state index in [-0.39, 0.29) is 5.56 Å². The van der Waals surface area contributed by atoms with E-state index < -0.39 is 5.97 Å². The third-order valence-corrected chi connectivity index (χ3v) is 2.54. The van der Waals surface area contributed by atoms with Crippen LogP contribution in [0.2, 0.25) is 0 Å². The minimum Gasteiger partial charge on any atom is -0.478 e. The highest BCUT2D eigenvalue weighted by Gasteiger charge is 2.07. The van der Waals surface area contributed by atoms with Crippen molar-refractivity contribution >= 4 is 18.1 Å². The molecule has 0 aliphatic carbocycles. The number of hydrogen-bond donors (Lipinski definition) is 1. The van der Waals surface area contributed by atoms with Gasteiger partial charge in [-0.15, -0.1) is 0 Å². The van der Waals surface area contributed by atoms with E-state index in [1.165, 1.54) is 0 Å². The summed E-state index contributed by atoms with van der Waals surface area (Å²) < 4.78 is 0. The van der Waals surface area contributed by atoms with Crippen molar-refractivity contribution < 1.29 is 9.90 Å². The second-order valence-corrected chi connectivity index (χ2v) is 3.99. The third kappa shape index (κ3) is 2.83. The predicted molar refractivity (Wildman–Crippen MR) is 71.3 cm³/mol. The lowest BCUT2D eigenvalue weighted by molar-refractivity contribution is 0.0696. The van der Waals surface area contributed by atoms with Crippen LogP contribution in [-0.4, -0.2) is 16.1 Å². The first-order valence-corrected chi connectivity index (χ1v) is 5.60. The first-order valence-electron chi connectivity index (χ1n) is 5.60. The van der Waals surface area contributed by atoms with Crippen LogP contribution in [0.25, 0.3) is 12.2 Å². The summed E-state index contributed by atoms with van der Waals surface area (Å²) in [6.45, 7) is 2.01. The molecule has 0 saturated heterocycles. The molecule has 1 aromatic heterocycles. The Labute approximate surface area is 105 Å². The van der Waals surface area contributed by atoms with Crippen LogP contribution >= 0.6 is 0 Å². The Hall–Kier alpha value is -2.42. The molecule has 1 N–H and O–H groups in total. The van der Waals surface area contributed by atoms with Gasteiger partial charge in [-0.3, -0.25) is 4.98 Å². The van der Waals surface area contributed by atoms with Crippen LogP contribution in [0, 0.1) is 6.92 Å². The monoisotopic (exact) mass is 239 g/mol. The SMILES string of the molecule is Cc1cccc(/C=C/c2ncccc2C(=O)O)c1. The summed E-state index contributed by atoms with van der Waals surface area (Å²) in [6.07, 6.45) is 5.17. The molecular formula is C15H13NO2. The topological polar surface area (TPSA) is 50.2 Å². The highest BCUT2D eigenvalue weighted by Crippen LogP contribution is 2.11. The molecule has 0 aliphatic rings. The van der Waals surface area contributed by atoms with Crippen molar-refractivity contribution in [1.29, 1.82) is 0 Å². The fourth-order valence-electron chi connectivity index (χ4n) is 1.68. The lowest BCUT2D eigenvalue weighted by atomic mass is 10.1. The molecule has 18 heavy (non-hydrogen) atoms. The molecule has 1 aromatic carbocycles. The number of nitrogens with zero attached hydrogens (tertiary/aromatic N) is 1. The van der Waals surface area contributed by atoms with Gasteiger partial charge in [-0.25, -0.2) is 4.79 Å². The molecule has 2 rings (SSSR count). The van der Waals surface area contributed by atoms with Crippen molar-refractivity contribution in [2.45, 2.75) is 6.92 Å². The minimum atomic E-state index is -0.966. The predicted octanol–water partition coefficient (Wildman–Crippen LogP) is 3.26. The lowest BCUT2D eigenvalue weighted by Crippen LogP contribution is -2.00. The highest BCUT2D eigenvalue weighted by atomic mass is 16.4. The van der Waals surface area contributed by atoms with Crippen LogP contribution in [0.3, 0.4) is 0 Å². The number of aryl methyl sites for hydroxylation is 1. The number of carboxylic acids is 1. The molecule has 0 saturated carbocycles. The van der Waals surface area contributed by atoms with Gasteiger partial charge in [-0.2, -0.15) is 0 Å². The fourth-order valence-corrected chi connectivity index (χ4v) is 1.68. The van der Waals surface area contributed by atoms with Gasteiger partial charge in [0.2, 0.25) is 0 Å². The maximum absolute atomic E-state index is 11.0. The van der Waals surface area contributed by atoms with E-state index in [9.17, 15) is 4.79 Å². The van der Waals surface area contributed by atoms with Gasteiger partial charge in [0.25, 0.3) is 0 Å². The van der Waals surface area contributed by atoms with Crippen molar-refractivity contribution in [2.24, 2.45) is 0 Å². The van der Waals surface area contributed by atoms with Crippen LogP contribution in [0.15, 0.2) is 42.6 Å². The molecule has 0 spiro atoms.